The fraction of sp³-hybridized carbons (Fsp3) is 0.280. The van der Waals surface area contributed by atoms with Gasteiger partial charge in [0.25, 0.3) is 0 Å². The number of nitrogens with two attached hydrogens (primary N) is 1. The van der Waals surface area contributed by atoms with Crippen LogP contribution >= 0.6 is 11.6 Å². The van der Waals surface area contributed by atoms with Gasteiger partial charge in [0.1, 0.15) is 0 Å². The Balaban J connectivity index is 0.000000393. The van der Waals surface area contributed by atoms with Crippen LogP contribution in [0.1, 0.15) is 48.1 Å². The van der Waals surface area contributed by atoms with Crippen molar-refractivity contribution in [2.24, 2.45) is 5.73 Å². The van der Waals surface area contributed by atoms with Crippen molar-refractivity contribution < 1.29 is 27.9 Å². The number of nitrogens with one attached hydrogen (secondary N) is 1. The molecule has 0 aliphatic carbocycles. The van der Waals surface area contributed by atoms with Gasteiger partial charge in [0.2, 0.25) is 10.0 Å². The third-order valence-electron chi connectivity index (χ3n) is 4.86. The van der Waals surface area contributed by atoms with Gasteiger partial charge in [-0.25, -0.2) is 8.42 Å². The summed E-state index contributed by atoms with van der Waals surface area (Å²) in [6, 6.07) is 26.0. The molecule has 3 N–H and O–H groups in total. The van der Waals surface area contributed by atoms with E-state index >= 15 is 0 Å². The number of hydrogen-bond donors (Lipinski definition) is 2. The number of alkyl halides is 1. The molecule has 7 heteroatoms. The number of sulfonamides is 1. The molecule has 0 saturated heterocycles. The van der Waals surface area contributed by atoms with Crippen molar-refractivity contribution in [3.63, 3.8) is 0 Å². The summed E-state index contributed by atoms with van der Waals surface area (Å²) in [7, 11) is -3.54. The minimum Gasteiger partial charge on any atom is -0.321 e. The second-order valence-corrected chi connectivity index (χ2v) is 10.3. The first-order valence-electron chi connectivity index (χ1n) is 10.1. The molecule has 0 heterocycles. The zero-order valence-electron chi connectivity index (χ0n) is 18.8. The van der Waals surface area contributed by atoms with Gasteiger partial charge in [0.15, 0.2) is 5.00 Å². The van der Waals surface area contributed by atoms with Crippen LogP contribution in [0.3, 0.4) is 0 Å². The predicted octanol–water partition coefficient (Wildman–Crippen LogP) is 5.44. The van der Waals surface area contributed by atoms with Gasteiger partial charge in [0, 0.05) is 19.5 Å². The van der Waals surface area contributed by atoms with Crippen LogP contribution in [0.5, 0.6) is 0 Å². The van der Waals surface area contributed by atoms with Crippen LogP contribution in [-0.2, 0) is 34.5 Å². The number of benzene rings is 3. The first kappa shape index (κ1) is 28.5. The molecular weight excluding hydrogens is 529 g/mol. The topological polar surface area (TPSA) is 72.2 Å². The second-order valence-electron chi connectivity index (χ2n) is 7.91. The average molecular weight is 560 g/mol. The minimum atomic E-state index is -3.54. The smallest absolute Gasteiger partial charge is 0.210 e. The summed E-state index contributed by atoms with van der Waals surface area (Å²) in [6.07, 6.45) is 1.06. The van der Waals surface area contributed by atoms with Gasteiger partial charge in [-0.3, -0.25) is 0 Å². The van der Waals surface area contributed by atoms with Crippen molar-refractivity contribution in [1.29, 1.82) is 0 Å². The molecule has 0 aromatic heterocycles. The summed E-state index contributed by atoms with van der Waals surface area (Å²) < 4.78 is 25.9. The van der Waals surface area contributed by atoms with Crippen LogP contribution in [-0.4, -0.2) is 14.7 Å². The maximum Gasteiger partial charge on any atom is 0.210 e. The first-order valence-corrected chi connectivity index (χ1v) is 12.4. The van der Waals surface area contributed by atoms with E-state index in [2.05, 4.69) is 49.8 Å². The Hall–Kier alpha value is -1.56. The van der Waals surface area contributed by atoms with E-state index < -0.39 is 21.1 Å². The van der Waals surface area contributed by atoms with Gasteiger partial charge in [-0.15, -0.1) is 0 Å². The number of hydrogen-bond acceptors (Lipinski definition) is 3. The Labute approximate surface area is 210 Å². The molecule has 0 spiro atoms. The fourth-order valence-electron chi connectivity index (χ4n) is 3.09. The molecule has 0 bridgehead atoms. The van der Waals surface area contributed by atoms with Crippen molar-refractivity contribution >= 4 is 21.6 Å². The molecule has 0 amide bonds. The van der Waals surface area contributed by atoms with Crippen molar-refractivity contribution in [3.8, 4) is 0 Å². The van der Waals surface area contributed by atoms with Gasteiger partial charge in [-0.05, 0) is 29.5 Å². The summed E-state index contributed by atoms with van der Waals surface area (Å²) in [5.74, 6) is 0.653. The SMILES string of the molecule is CS(=O)(=O)N[C@@](Cl)(c1ccccc1)[C@H](N)c1ccccc1.Cc1ccc(C(C)C)cc1.[Ru]. The normalized spacial score (nSPS) is 13.8. The van der Waals surface area contributed by atoms with Crippen LogP contribution in [0.4, 0.5) is 0 Å². The largest absolute Gasteiger partial charge is 0.321 e. The summed E-state index contributed by atoms with van der Waals surface area (Å²) in [6.45, 7) is 6.54. The Kier molecular flexibility index (Phi) is 11.2. The van der Waals surface area contributed by atoms with E-state index in [0.29, 0.717) is 11.5 Å². The van der Waals surface area contributed by atoms with Crippen LogP contribution < -0.4 is 10.5 Å². The zero-order valence-corrected chi connectivity index (χ0v) is 22.1. The standard InChI is InChI=1S/C15H17ClN2O2S.C10H14.Ru/c1-21(19,20)18-15(16,13-10-6-3-7-11-13)14(17)12-8-4-2-5-9-12;1-8(2)10-6-4-9(3)5-7-10;/h2-11,14,18H,17H2,1H3;4-8H,1-3H3;/t14-,15+;;/m1../s1. The van der Waals surface area contributed by atoms with E-state index in [0.717, 1.165) is 11.8 Å². The molecule has 3 aromatic rings. The maximum absolute atomic E-state index is 11.7. The van der Waals surface area contributed by atoms with Gasteiger partial charge in [-0.1, -0.05) is 116 Å². The Morgan fingerprint density at radius 2 is 1.31 bits per heavy atom. The molecule has 0 saturated carbocycles. The molecule has 0 radical (unpaired) electrons. The van der Waals surface area contributed by atoms with Crippen molar-refractivity contribution in [2.75, 3.05) is 6.26 Å². The second kappa shape index (κ2) is 12.6. The first-order chi connectivity index (χ1) is 14.5. The molecule has 0 aliphatic rings. The van der Waals surface area contributed by atoms with Crippen LogP contribution in [0.25, 0.3) is 0 Å². The molecule has 0 aliphatic heterocycles. The number of rotatable bonds is 6. The molecule has 4 nitrogen and oxygen atoms in total. The monoisotopic (exact) mass is 560 g/mol. The quantitative estimate of drug-likeness (QED) is 0.240. The van der Waals surface area contributed by atoms with E-state index in [-0.39, 0.29) is 19.5 Å². The summed E-state index contributed by atoms with van der Waals surface area (Å²) in [4.78, 5) is -1.45. The zero-order chi connectivity index (χ0) is 23.1. The molecule has 3 aromatic carbocycles. The Morgan fingerprint density at radius 3 is 1.75 bits per heavy atom. The number of halogens is 1. The van der Waals surface area contributed by atoms with E-state index in [1.165, 1.54) is 11.1 Å². The third kappa shape index (κ3) is 8.42. The van der Waals surface area contributed by atoms with Gasteiger partial charge >= 0.3 is 0 Å². The van der Waals surface area contributed by atoms with Gasteiger partial charge < -0.3 is 5.73 Å². The Morgan fingerprint density at radius 1 is 0.844 bits per heavy atom. The average Bonchev–Trinajstić information content (AvgIpc) is 2.74. The minimum absolute atomic E-state index is 0. The third-order valence-corrected chi connectivity index (χ3v) is 6.21. The van der Waals surface area contributed by atoms with E-state index in [1.807, 2.05) is 36.4 Å². The maximum atomic E-state index is 11.7. The summed E-state index contributed by atoms with van der Waals surface area (Å²) in [5.41, 5.74) is 10.3. The number of aryl methyl sites for hydroxylation is 1. The van der Waals surface area contributed by atoms with E-state index in [4.69, 9.17) is 17.3 Å². The predicted molar refractivity (Wildman–Crippen MR) is 131 cm³/mol. The molecule has 32 heavy (non-hydrogen) atoms. The molecule has 2 atom stereocenters. The summed E-state index contributed by atoms with van der Waals surface area (Å²) in [5, 5.41) is 0. The Bertz CT molecular complexity index is 1050. The van der Waals surface area contributed by atoms with Gasteiger partial charge in [-0.2, -0.15) is 4.72 Å². The van der Waals surface area contributed by atoms with Crippen LogP contribution in [0.2, 0.25) is 0 Å². The summed E-state index contributed by atoms with van der Waals surface area (Å²) >= 11 is 6.62. The molecule has 0 fully saturated rings. The fourth-order valence-corrected chi connectivity index (χ4v) is 4.55. The van der Waals surface area contributed by atoms with Crippen LogP contribution in [0.15, 0.2) is 84.9 Å². The van der Waals surface area contributed by atoms with Crippen molar-refractivity contribution in [2.45, 2.75) is 37.7 Å². The van der Waals surface area contributed by atoms with E-state index in [9.17, 15) is 8.42 Å². The molecular formula is C25H31ClN2O2RuS. The van der Waals surface area contributed by atoms with Gasteiger partial charge in [0.05, 0.1) is 12.3 Å². The van der Waals surface area contributed by atoms with Crippen LogP contribution in [0, 0.1) is 6.92 Å². The molecule has 174 valence electrons. The molecule has 3 rings (SSSR count). The van der Waals surface area contributed by atoms with E-state index in [1.54, 1.807) is 24.3 Å². The van der Waals surface area contributed by atoms with Crippen molar-refractivity contribution in [1.82, 2.24) is 4.72 Å². The van der Waals surface area contributed by atoms with Crippen molar-refractivity contribution in [3.05, 3.63) is 107 Å². The molecule has 0 unspecified atom stereocenters.